The molecule has 0 saturated carbocycles. The van der Waals surface area contributed by atoms with E-state index >= 15 is 0 Å². The molecule has 0 aliphatic rings. The van der Waals surface area contributed by atoms with Crippen molar-refractivity contribution in [2.45, 2.75) is 25.7 Å². The van der Waals surface area contributed by atoms with Crippen molar-refractivity contribution in [1.29, 1.82) is 0 Å². The zero-order valence-corrected chi connectivity index (χ0v) is 24.0. The molecule has 0 aromatic heterocycles. The number of aliphatic hydroxyl groups excluding tert-OH is 1. The van der Waals surface area contributed by atoms with Gasteiger partial charge in [-0.1, -0.05) is 37.4 Å². The molecule has 0 radical (unpaired) electrons. The lowest BCUT2D eigenvalue weighted by Crippen LogP contribution is -2.15. The Hall–Kier alpha value is -4.89. The molecule has 1 N–H and O–H groups in total. The summed E-state index contributed by atoms with van der Waals surface area (Å²) in [5, 5.41) is 8.85. The number of rotatable bonds is 18. The number of hydrogen-bond donors (Lipinski definition) is 1. The third kappa shape index (κ3) is 11.5. The predicted molar refractivity (Wildman–Crippen MR) is 161 cm³/mol. The van der Waals surface area contributed by atoms with Crippen molar-refractivity contribution in [3.05, 3.63) is 103 Å². The highest BCUT2D eigenvalue weighted by molar-refractivity contribution is 5.91. The lowest BCUT2D eigenvalue weighted by Gasteiger charge is -2.09. The van der Waals surface area contributed by atoms with Crippen molar-refractivity contribution in [2.75, 3.05) is 33.0 Å². The van der Waals surface area contributed by atoms with Crippen LogP contribution in [0.25, 0.3) is 11.1 Å². The van der Waals surface area contributed by atoms with E-state index in [4.69, 9.17) is 28.8 Å². The molecule has 3 aromatic rings. The van der Waals surface area contributed by atoms with Crippen LogP contribution < -0.4 is 14.2 Å². The van der Waals surface area contributed by atoms with Gasteiger partial charge in [0.25, 0.3) is 0 Å². The van der Waals surface area contributed by atoms with Crippen LogP contribution in [0.3, 0.4) is 0 Å². The molecule has 0 aliphatic heterocycles. The van der Waals surface area contributed by atoms with E-state index in [2.05, 4.69) is 13.2 Å². The molecule has 0 saturated heterocycles. The maximum absolute atomic E-state index is 12.6. The molecule has 3 aromatic carbocycles. The van der Waals surface area contributed by atoms with Gasteiger partial charge in [0.2, 0.25) is 0 Å². The molecule has 0 bridgehead atoms. The van der Waals surface area contributed by atoms with Gasteiger partial charge in [0.1, 0.15) is 30.5 Å². The SMILES string of the molecule is C=CC(=O)OCCCCCCOc1ccc(-c2ccc(C(=O)Oc3ccc(OCCOC(=O)C(=C)CO)cc3)cc2)cc1. The van der Waals surface area contributed by atoms with Crippen LogP contribution >= 0.6 is 0 Å². The Morgan fingerprint density at radius 2 is 1.19 bits per heavy atom. The van der Waals surface area contributed by atoms with Crippen LogP contribution in [0.4, 0.5) is 0 Å². The third-order valence-electron chi connectivity index (χ3n) is 6.13. The van der Waals surface area contributed by atoms with Crippen LogP contribution in [-0.4, -0.2) is 56.0 Å². The summed E-state index contributed by atoms with van der Waals surface area (Å²) >= 11 is 0. The summed E-state index contributed by atoms with van der Waals surface area (Å²) in [5.41, 5.74) is 2.33. The second kappa shape index (κ2) is 17.8. The van der Waals surface area contributed by atoms with Crippen LogP contribution in [0.2, 0.25) is 0 Å². The van der Waals surface area contributed by atoms with E-state index in [-0.39, 0.29) is 24.8 Å². The average molecular weight is 589 g/mol. The summed E-state index contributed by atoms with van der Waals surface area (Å²) in [7, 11) is 0. The van der Waals surface area contributed by atoms with Crippen LogP contribution in [0.1, 0.15) is 36.0 Å². The Kier molecular flexibility index (Phi) is 13.5. The number of esters is 3. The maximum atomic E-state index is 12.6. The molecule has 9 heteroatoms. The van der Waals surface area contributed by atoms with Crippen LogP contribution in [0.15, 0.2) is 97.6 Å². The number of aliphatic hydroxyl groups is 1. The summed E-state index contributed by atoms with van der Waals surface area (Å²) in [5.74, 6) is 0.104. The van der Waals surface area contributed by atoms with E-state index < -0.39 is 18.5 Å². The minimum atomic E-state index is -0.674. The lowest BCUT2D eigenvalue weighted by atomic mass is 10.0. The third-order valence-corrected chi connectivity index (χ3v) is 6.13. The number of carbonyl (C=O) groups excluding carboxylic acids is 3. The van der Waals surface area contributed by atoms with Crippen molar-refractivity contribution < 1.29 is 43.2 Å². The Bertz CT molecular complexity index is 1340. The second-order valence-electron chi connectivity index (χ2n) is 9.34. The van der Waals surface area contributed by atoms with E-state index in [9.17, 15) is 14.4 Å². The lowest BCUT2D eigenvalue weighted by molar-refractivity contribution is -0.140. The standard InChI is InChI=1S/C34H36O9/c1-3-32(36)41-21-7-5-4-6-20-39-29-14-12-27(13-15-29)26-8-10-28(11-9-26)34(38)43-31-18-16-30(17-19-31)40-22-23-42-33(37)25(2)24-35/h3,8-19,35H,1-2,4-7,20-24H2. The van der Waals surface area contributed by atoms with Gasteiger partial charge in [0.15, 0.2) is 0 Å². The van der Waals surface area contributed by atoms with Crippen molar-refractivity contribution in [2.24, 2.45) is 0 Å². The fraction of sp³-hybridized carbons (Fsp3) is 0.265. The minimum Gasteiger partial charge on any atom is -0.494 e. The molecule has 0 spiro atoms. The van der Waals surface area contributed by atoms with Gasteiger partial charge in [-0.25, -0.2) is 14.4 Å². The zero-order chi connectivity index (χ0) is 30.9. The fourth-order valence-electron chi connectivity index (χ4n) is 3.75. The van der Waals surface area contributed by atoms with Crippen LogP contribution in [0, 0.1) is 0 Å². The van der Waals surface area contributed by atoms with Crippen molar-refractivity contribution >= 4 is 17.9 Å². The molecule has 9 nitrogen and oxygen atoms in total. The van der Waals surface area contributed by atoms with Crippen LogP contribution in [0.5, 0.6) is 17.2 Å². The Labute approximate surface area is 251 Å². The smallest absolute Gasteiger partial charge is 0.343 e. The molecule has 226 valence electrons. The molecule has 0 amide bonds. The van der Waals surface area contributed by atoms with Crippen molar-refractivity contribution in [1.82, 2.24) is 0 Å². The van der Waals surface area contributed by atoms with Gasteiger partial charge in [-0.15, -0.1) is 0 Å². The Morgan fingerprint density at radius 3 is 1.79 bits per heavy atom. The molecule has 0 unspecified atom stereocenters. The second-order valence-corrected chi connectivity index (χ2v) is 9.34. The van der Waals surface area contributed by atoms with Crippen molar-refractivity contribution in [3.8, 4) is 28.4 Å². The topological polar surface area (TPSA) is 118 Å². The first kappa shape index (κ1) is 32.6. The molecular weight excluding hydrogens is 552 g/mol. The van der Waals surface area contributed by atoms with Gasteiger partial charge in [0.05, 0.1) is 31.0 Å². The molecule has 0 aliphatic carbocycles. The Balaban J connectivity index is 1.37. The summed E-state index contributed by atoms with van der Waals surface area (Å²) in [6.45, 7) is 7.43. The quantitative estimate of drug-likeness (QED) is 0.0863. The molecule has 43 heavy (non-hydrogen) atoms. The summed E-state index contributed by atoms with van der Waals surface area (Å²) < 4.78 is 26.6. The number of unbranched alkanes of at least 4 members (excludes halogenated alkanes) is 3. The predicted octanol–water partition coefficient (Wildman–Crippen LogP) is 5.71. The molecular formula is C34H36O9. The highest BCUT2D eigenvalue weighted by Crippen LogP contribution is 2.24. The molecule has 0 heterocycles. The first-order valence-electron chi connectivity index (χ1n) is 13.9. The maximum Gasteiger partial charge on any atom is 0.343 e. The fourth-order valence-corrected chi connectivity index (χ4v) is 3.75. The average Bonchev–Trinajstić information content (AvgIpc) is 3.04. The number of carbonyl (C=O) groups is 3. The number of benzene rings is 3. The van der Waals surface area contributed by atoms with Crippen molar-refractivity contribution in [3.63, 3.8) is 0 Å². The normalized spacial score (nSPS) is 10.3. The first-order chi connectivity index (χ1) is 20.9. The molecule has 3 rings (SSSR count). The number of ether oxygens (including phenoxy) is 5. The van der Waals surface area contributed by atoms with Gasteiger partial charge in [-0.2, -0.15) is 0 Å². The summed E-state index contributed by atoms with van der Waals surface area (Å²) in [6.07, 6.45) is 4.85. The van der Waals surface area contributed by atoms with Gasteiger partial charge in [-0.3, -0.25) is 0 Å². The number of hydrogen-bond acceptors (Lipinski definition) is 9. The van der Waals surface area contributed by atoms with E-state index in [1.54, 1.807) is 36.4 Å². The summed E-state index contributed by atoms with van der Waals surface area (Å²) in [6, 6.07) is 21.4. The van der Waals surface area contributed by atoms with Crippen LogP contribution in [-0.2, 0) is 19.1 Å². The van der Waals surface area contributed by atoms with Gasteiger partial charge >= 0.3 is 17.9 Å². The van der Waals surface area contributed by atoms with Gasteiger partial charge in [0, 0.05) is 6.08 Å². The molecule has 0 atom stereocenters. The largest absolute Gasteiger partial charge is 0.494 e. The van der Waals surface area contributed by atoms with E-state index in [0.29, 0.717) is 30.3 Å². The van der Waals surface area contributed by atoms with Gasteiger partial charge in [-0.05, 0) is 85.3 Å². The first-order valence-corrected chi connectivity index (χ1v) is 13.9. The van der Waals surface area contributed by atoms with Gasteiger partial charge < -0.3 is 28.8 Å². The molecule has 0 fully saturated rings. The van der Waals surface area contributed by atoms with E-state index in [0.717, 1.165) is 42.6 Å². The monoisotopic (exact) mass is 588 g/mol. The highest BCUT2D eigenvalue weighted by atomic mass is 16.6. The van der Waals surface area contributed by atoms with E-state index in [1.807, 2.05) is 36.4 Å². The summed E-state index contributed by atoms with van der Waals surface area (Å²) in [4.78, 5) is 35.0. The zero-order valence-electron chi connectivity index (χ0n) is 24.0. The minimum absolute atomic E-state index is 0.00279. The van der Waals surface area contributed by atoms with E-state index in [1.165, 1.54) is 6.08 Å². The Morgan fingerprint density at radius 1 is 0.651 bits per heavy atom. The highest BCUT2D eigenvalue weighted by Gasteiger charge is 2.10.